The van der Waals surface area contributed by atoms with Crippen molar-refractivity contribution in [3.05, 3.63) is 46.9 Å². The van der Waals surface area contributed by atoms with Crippen LogP contribution in [0.5, 0.6) is 11.5 Å². The number of aliphatic hydroxyl groups is 2. The molecule has 0 fully saturated rings. The zero-order valence-corrected chi connectivity index (χ0v) is 24.4. The van der Waals surface area contributed by atoms with Crippen molar-refractivity contribution in [1.82, 2.24) is 0 Å². The number of rotatable bonds is 4. The number of aliphatic hydroxyl groups excluding tert-OH is 2. The van der Waals surface area contributed by atoms with Gasteiger partial charge in [0.2, 0.25) is 0 Å². The maximum Gasteiger partial charge on any atom is 0.158 e. The third-order valence-corrected chi connectivity index (χ3v) is 11.8. The van der Waals surface area contributed by atoms with Gasteiger partial charge in [0, 0.05) is 29.0 Å². The third kappa shape index (κ3) is 4.45. The molecular formula is C14H6Br8O3. The number of hydrogen-bond donors (Lipinski definition) is 2. The van der Waals surface area contributed by atoms with Gasteiger partial charge in [-0.1, -0.05) is 0 Å². The average Bonchev–Trinajstić information content (AvgIpc) is 2.59. The Hall–Kier alpha value is 2.00. The lowest BCUT2D eigenvalue weighted by Crippen LogP contribution is -1.99. The summed E-state index contributed by atoms with van der Waals surface area (Å²) in [6, 6.07) is 0. The lowest BCUT2D eigenvalue weighted by molar-refractivity contribution is 0.280. The molecule has 0 saturated carbocycles. The molecule has 0 aliphatic carbocycles. The van der Waals surface area contributed by atoms with Crippen LogP contribution in [0.3, 0.4) is 0 Å². The molecule has 0 heterocycles. The molecule has 2 aromatic carbocycles. The van der Waals surface area contributed by atoms with Gasteiger partial charge in [0.1, 0.15) is 0 Å². The first-order chi connectivity index (χ1) is 11.7. The van der Waals surface area contributed by atoms with Crippen molar-refractivity contribution >= 4 is 127 Å². The zero-order chi connectivity index (χ0) is 19.0. The molecule has 0 unspecified atom stereocenters. The summed E-state index contributed by atoms with van der Waals surface area (Å²) in [6.45, 7) is -0.289. The van der Waals surface area contributed by atoms with Crippen molar-refractivity contribution in [2.45, 2.75) is 13.2 Å². The molecule has 0 aliphatic heterocycles. The summed E-state index contributed by atoms with van der Waals surface area (Å²) < 4.78 is 11.4. The SMILES string of the molecule is OCc1c(Br)c(Br)c(Oc2c(Br)c(Br)c(CO)c(Br)c2Br)c(Br)c1Br. The van der Waals surface area contributed by atoms with Crippen molar-refractivity contribution in [2.24, 2.45) is 0 Å². The summed E-state index contributed by atoms with van der Waals surface area (Å²) in [7, 11) is 0. The van der Waals surface area contributed by atoms with Crippen molar-refractivity contribution in [3.8, 4) is 11.5 Å². The lowest BCUT2D eigenvalue weighted by atomic mass is 10.2. The van der Waals surface area contributed by atoms with Crippen LogP contribution in [0, 0.1) is 0 Å². The second kappa shape index (κ2) is 9.67. The molecule has 3 nitrogen and oxygen atoms in total. The second-order valence-corrected chi connectivity index (χ2v) is 10.9. The molecule has 2 aromatic rings. The highest BCUT2D eigenvalue weighted by Gasteiger charge is 2.25. The molecule has 0 bridgehead atoms. The van der Waals surface area contributed by atoms with Crippen molar-refractivity contribution in [1.29, 1.82) is 0 Å². The van der Waals surface area contributed by atoms with Crippen LogP contribution in [0.25, 0.3) is 0 Å². The molecule has 0 spiro atoms. The first-order valence-corrected chi connectivity index (χ1v) is 12.6. The number of benzene rings is 2. The third-order valence-electron chi connectivity index (χ3n) is 3.15. The standard InChI is InChI=1S/C14H6Br8O3/c15-5-3(1-23)6(16)10(20)13(9(5)19)25-14-11(21)7(17)4(2-24)8(18)12(14)22/h23-24H,1-2H2. The molecule has 2 rings (SSSR count). The van der Waals surface area contributed by atoms with Crippen LogP contribution in [0.4, 0.5) is 0 Å². The molecule has 2 N–H and O–H groups in total. The van der Waals surface area contributed by atoms with E-state index in [4.69, 9.17) is 4.74 Å². The van der Waals surface area contributed by atoms with Crippen LogP contribution in [0.1, 0.15) is 11.1 Å². The van der Waals surface area contributed by atoms with Gasteiger partial charge in [0.05, 0.1) is 31.1 Å². The fourth-order valence-electron chi connectivity index (χ4n) is 1.87. The van der Waals surface area contributed by atoms with Gasteiger partial charge < -0.3 is 14.9 Å². The minimum absolute atomic E-state index is 0.145. The van der Waals surface area contributed by atoms with E-state index >= 15 is 0 Å². The zero-order valence-electron chi connectivity index (χ0n) is 11.7. The van der Waals surface area contributed by atoms with E-state index in [1.807, 2.05) is 0 Å². The van der Waals surface area contributed by atoms with E-state index in [-0.39, 0.29) is 13.2 Å². The first-order valence-electron chi connectivity index (χ1n) is 6.26. The molecule has 0 amide bonds. The number of halogens is 8. The quantitative estimate of drug-likeness (QED) is 0.303. The van der Waals surface area contributed by atoms with Gasteiger partial charge in [-0.15, -0.1) is 0 Å². The topological polar surface area (TPSA) is 49.7 Å². The predicted octanol–water partition coefficient (Wildman–Crippen LogP) is 8.56. The van der Waals surface area contributed by atoms with E-state index in [0.717, 1.165) is 0 Å². The van der Waals surface area contributed by atoms with Gasteiger partial charge in [-0.3, -0.25) is 0 Å². The Balaban J connectivity index is 2.70. The van der Waals surface area contributed by atoms with Gasteiger partial charge in [-0.05, 0) is 127 Å². The largest absolute Gasteiger partial charge is 0.452 e. The molecule has 25 heavy (non-hydrogen) atoms. The maximum atomic E-state index is 9.55. The highest BCUT2D eigenvalue weighted by atomic mass is 79.9. The number of ether oxygens (including phenoxy) is 1. The van der Waals surface area contributed by atoms with Crippen LogP contribution < -0.4 is 4.74 Å². The van der Waals surface area contributed by atoms with Crippen LogP contribution in [0.15, 0.2) is 35.8 Å². The van der Waals surface area contributed by atoms with Gasteiger partial charge in [-0.25, -0.2) is 0 Å². The van der Waals surface area contributed by atoms with E-state index in [9.17, 15) is 10.2 Å². The Morgan fingerprint density at radius 2 is 0.720 bits per heavy atom. The summed E-state index contributed by atoms with van der Waals surface area (Å²) >= 11 is 27.9. The fraction of sp³-hybridized carbons (Fsp3) is 0.143. The van der Waals surface area contributed by atoms with Crippen LogP contribution in [-0.4, -0.2) is 10.2 Å². The Kier molecular flexibility index (Phi) is 9.00. The molecule has 136 valence electrons. The number of hydrogen-bond acceptors (Lipinski definition) is 3. The Labute approximate surface area is 211 Å². The first kappa shape index (κ1) is 23.3. The van der Waals surface area contributed by atoms with E-state index < -0.39 is 0 Å². The molecule has 0 aliphatic rings. The van der Waals surface area contributed by atoms with Gasteiger partial charge in [-0.2, -0.15) is 0 Å². The Morgan fingerprint density at radius 1 is 0.480 bits per heavy atom. The molecule has 0 aromatic heterocycles. The van der Waals surface area contributed by atoms with E-state index in [2.05, 4.69) is 127 Å². The Morgan fingerprint density at radius 3 is 0.920 bits per heavy atom. The molecule has 0 saturated heterocycles. The molecule has 0 atom stereocenters. The van der Waals surface area contributed by atoms with Gasteiger partial charge >= 0.3 is 0 Å². The summed E-state index contributed by atoms with van der Waals surface area (Å²) in [5.74, 6) is 1.01. The Bertz CT molecular complexity index is 725. The normalized spacial score (nSPS) is 11.1. The highest BCUT2D eigenvalue weighted by molar-refractivity contribution is 9.14. The summed E-state index contributed by atoms with van der Waals surface area (Å²) in [4.78, 5) is 0. The molecule has 11 heteroatoms. The fourth-order valence-corrected chi connectivity index (χ4v) is 7.03. The van der Waals surface area contributed by atoms with Crippen molar-refractivity contribution < 1.29 is 14.9 Å². The summed E-state index contributed by atoms with van der Waals surface area (Å²) in [6.07, 6.45) is 0. The van der Waals surface area contributed by atoms with Crippen molar-refractivity contribution in [3.63, 3.8) is 0 Å². The minimum atomic E-state index is -0.145. The van der Waals surface area contributed by atoms with Gasteiger partial charge in [0.25, 0.3) is 0 Å². The maximum absolute atomic E-state index is 9.55. The molecule has 0 radical (unpaired) electrons. The average molecular weight is 861 g/mol. The lowest BCUT2D eigenvalue weighted by Gasteiger charge is -2.19. The highest BCUT2D eigenvalue weighted by Crippen LogP contribution is 2.52. The van der Waals surface area contributed by atoms with Crippen molar-refractivity contribution in [2.75, 3.05) is 0 Å². The van der Waals surface area contributed by atoms with Gasteiger partial charge in [0.15, 0.2) is 11.5 Å². The molecular weight excluding hydrogens is 855 g/mol. The smallest absolute Gasteiger partial charge is 0.158 e. The minimum Gasteiger partial charge on any atom is -0.452 e. The van der Waals surface area contributed by atoms with Crippen LogP contribution >= 0.6 is 127 Å². The van der Waals surface area contributed by atoms with Crippen LogP contribution in [0.2, 0.25) is 0 Å². The monoisotopic (exact) mass is 853 g/mol. The van der Waals surface area contributed by atoms with E-state index in [1.54, 1.807) is 0 Å². The second-order valence-electron chi connectivity index (χ2n) is 4.55. The van der Waals surface area contributed by atoms with Crippen LogP contribution in [-0.2, 0) is 13.2 Å². The summed E-state index contributed by atoms with van der Waals surface area (Å²) in [5, 5.41) is 19.1. The predicted molar refractivity (Wildman–Crippen MR) is 126 cm³/mol. The van der Waals surface area contributed by atoms with E-state index in [1.165, 1.54) is 0 Å². The van der Waals surface area contributed by atoms with E-state index in [0.29, 0.717) is 58.4 Å². The summed E-state index contributed by atoms with van der Waals surface area (Å²) in [5.41, 5.74) is 1.37.